The summed E-state index contributed by atoms with van der Waals surface area (Å²) in [5.74, 6) is 0.289. The topological polar surface area (TPSA) is 29.1 Å². The zero-order chi connectivity index (χ0) is 14.5. The number of rotatable bonds is 5. The molecule has 0 fully saturated rings. The summed E-state index contributed by atoms with van der Waals surface area (Å²) in [6, 6.07) is 11.7. The Bertz CT molecular complexity index is 569. The lowest BCUT2D eigenvalue weighted by Crippen LogP contribution is -2.37. The van der Waals surface area contributed by atoms with E-state index in [2.05, 4.69) is 37.2 Å². The molecule has 1 unspecified atom stereocenters. The summed E-state index contributed by atoms with van der Waals surface area (Å²) in [4.78, 5) is 12.8. The van der Waals surface area contributed by atoms with Crippen LogP contribution in [0, 0.1) is 0 Å². The van der Waals surface area contributed by atoms with Gasteiger partial charge in [0.25, 0.3) is 5.91 Å². The maximum Gasteiger partial charge on any atom is 0.261 e. The molecule has 2 nitrogen and oxygen atoms in total. The Morgan fingerprint density at radius 3 is 2.55 bits per heavy atom. The number of nitrogens with one attached hydrogen (secondary N) is 1. The van der Waals surface area contributed by atoms with Gasteiger partial charge in [0.05, 0.1) is 8.66 Å². The van der Waals surface area contributed by atoms with Crippen molar-refractivity contribution in [2.75, 3.05) is 5.88 Å². The maximum absolute atomic E-state index is 12.2. The summed E-state index contributed by atoms with van der Waals surface area (Å²) in [6.45, 7) is 0. The van der Waals surface area contributed by atoms with Gasteiger partial charge >= 0.3 is 0 Å². The van der Waals surface area contributed by atoms with Crippen LogP contribution >= 0.6 is 54.8 Å². The molecule has 20 heavy (non-hydrogen) atoms. The van der Waals surface area contributed by atoms with Gasteiger partial charge in [-0.05, 0) is 49.9 Å². The van der Waals surface area contributed by atoms with Crippen molar-refractivity contribution < 1.29 is 4.79 Å². The first-order chi connectivity index (χ1) is 9.60. The fourth-order valence-corrected chi connectivity index (χ4v) is 3.88. The van der Waals surface area contributed by atoms with Crippen LogP contribution in [-0.4, -0.2) is 17.8 Å². The van der Waals surface area contributed by atoms with Gasteiger partial charge in [0.15, 0.2) is 0 Å². The van der Waals surface area contributed by atoms with Gasteiger partial charge in [-0.25, -0.2) is 0 Å². The summed E-state index contributed by atoms with van der Waals surface area (Å²) < 4.78 is 1.80. The molecule has 1 heterocycles. The number of halogens is 3. The lowest BCUT2D eigenvalue weighted by Gasteiger charge is -2.15. The number of hydrogen-bond acceptors (Lipinski definition) is 2. The Balaban J connectivity index is 2.01. The number of benzene rings is 1. The molecule has 0 radical (unpaired) electrons. The summed E-state index contributed by atoms with van der Waals surface area (Å²) in [6.07, 6.45) is 0.726. The second-order valence-electron chi connectivity index (χ2n) is 4.25. The lowest BCUT2D eigenvalue weighted by molar-refractivity contribution is 0.0944. The molecule has 1 N–H and O–H groups in total. The maximum atomic E-state index is 12.2. The standard InChI is InChI=1S/C14H12Br2ClNOS/c15-11-7-12(20-13(11)16)14(19)18-10(8-17)6-9-4-2-1-3-5-9/h1-5,7,10H,6,8H2,(H,18,19). The highest BCUT2D eigenvalue weighted by Gasteiger charge is 2.16. The molecule has 2 aromatic rings. The Morgan fingerprint density at radius 2 is 2.00 bits per heavy atom. The van der Waals surface area contributed by atoms with Crippen LogP contribution in [0.1, 0.15) is 15.2 Å². The first-order valence-electron chi connectivity index (χ1n) is 5.95. The molecule has 0 aliphatic carbocycles. The Hall–Kier alpha value is -0.360. The largest absolute Gasteiger partial charge is 0.347 e. The second kappa shape index (κ2) is 7.59. The van der Waals surface area contributed by atoms with Crippen molar-refractivity contribution in [3.8, 4) is 0 Å². The van der Waals surface area contributed by atoms with Crippen LogP contribution in [0.2, 0.25) is 0 Å². The van der Waals surface area contributed by atoms with E-state index < -0.39 is 0 Å². The first-order valence-corrected chi connectivity index (χ1v) is 8.89. The zero-order valence-corrected chi connectivity index (χ0v) is 15.2. The van der Waals surface area contributed by atoms with Gasteiger partial charge in [-0.15, -0.1) is 22.9 Å². The molecule has 0 aliphatic rings. The lowest BCUT2D eigenvalue weighted by atomic mass is 10.1. The SMILES string of the molecule is O=C(NC(CCl)Cc1ccccc1)c1cc(Br)c(Br)s1. The molecule has 6 heteroatoms. The van der Waals surface area contributed by atoms with Gasteiger partial charge in [-0.1, -0.05) is 30.3 Å². The number of alkyl halides is 1. The minimum Gasteiger partial charge on any atom is -0.347 e. The van der Waals surface area contributed by atoms with Crippen LogP contribution < -0.4 is 5.32 Å². The Kier molecular flexibility index (Phi) is 6.08. The molecule has 2 rings (SSSR count). The second-order valence-corrected chi connectivity index (χ2v) is 7.78. The Labute approximate surface area is 143 Å². The highest BCUT2D eigenvalue weighted by atomic mass is 79.9. The molecule has 0 aliphatic heterocycles. The van der Waals surface area contributed by atoms with Crippen LogP contribution in [-0.2, 0) is 6.42 Å². The highest BCUT2D eigenvalue weighted by molar-refractivity contribution is 9.13. The number of hydrogen-bond donors (Lipinski definition) is 1. The zero-order valence-electron chi connectivity index (χ0n) is 10.4. The van der Waals surface area contributed by atoms with E-state index in [-0.39, 0.29) is 11.9 Å². The van der Waals surface area contributed by atoms with Gasteiger partial charge in [0.1, 0.15) is 0 Å². The number of amides is 1. The fourth-order valence-electron chi connectivity index (χ4n) is 1.76. The van der Waals surface area contributed by atoms with E-state index in [1.165, 1.54) is 11.3 Å². The summed E-state index contributed by atoms with van der Waals surface area (Å²) >= 11 is 14.1. The molecule has 1 atom stereocenters. The summed E-state index contributed by atoms with van der Waals surface area (Å²) in [7, 11) is 0. The van der Waals surface area contributed by atoms with Crippen LogP contribution in [0.25, 0.3) is 0 Å². The van der Waals surface area contributed by atoms with Crippen LogP contribution in [0.5, 0.6) is 0 Å². The van der Waals surface area contributed by atoms with E-state index in [0.717, 1.165) is 20.2 Å². The quantitative estimate of drug-likeness (QED) is 0.666. The van der Waals surface area contributed by atoms with Crippen LogP contribution in [0.15, 0.2) is 44.7 Å². The Morgan fingerprint density at radius 1 is 1.30 bits per heavy atom. The van der Waals surface area contributed by atoms with E-state index in [9.17, 15) is 4.79 Å². The van der Waals surface area contributed by atoms with Crippen LogP contribution in [0.3, 0.4) is 0 Å². The van der Waals surface area contributed by atoms with Crippen molar-refractivity contribution in [3.63, 3.8) is 0 Å². The third-order valence-electron chi connectivity index (χ3n) is 2.72. The van der Waals surface area contributed by atoms with Gasteiger partial charge in [-0.3, -0.25) is 4.79 Å². The molecular formula is C14H12Br2ClNOS. The van der Waals surface area contributed by atoms with Crippen molar-refractivity contribution in [2.45, 2.75) is 12.5 Å². The molecule has 1 aromatic heterocycles. The van der Waals surface area contributed by atoms with E-state index in [1.54, 1.807) is 6.07 Å². The van der Waals surface area contributed by atoms with Gasteiger partial charge in [0.2, 0.25) is 0 Å². The van der Waals surface area contributed by atoms with E-state index in [4.69, 9.17) is 11.6 Å². The monoisotopic (exact) mass is 435 g/mol. The molecule has 1 amide bonds. The van der Waals surface area contributed by atoms with Gasteiger partial charge in [0, 0.05) is 16.4 Å². The average molecular weight is 438 g/mol. The van der Waals surface area contributed by atoms with E-state index in [1.807, 2.05) is 30.3 Å². The molecule has 0 spiro atoms. The minimum atomic E-state index is -0.0945. The number of carbonyl (C=O) groups is 1. The molecular weight excluding hydrogens is 425 g/mol. The molecule has 0 saturated heterocycles. The van der Waals surface area contributed by atoms with Crippen molar-refractivity contribution >= 4 is 60.7 Å². The minimum absolute atomic E-state index is 0.0776. The third kappa shape index (κ3) is 4.32. The normalized spacial score (nSPS) is 12.2. The summed E-state index contributed by atoms with van der Waals surface area (Å²) in [5, 5.41) is 2.97. The smallest absolute Gasteiger partial charge is 0.261 e. The molecule has 1 aromatic carbocycles. The van der Waals surface area contributed by atoms with Crippen molar-refractivity contribution in [2.24, 2.45) is 0 Å². The van der Waals surface area contributed by atoms with Gasteiger partial charge in [-0.2, -0.15) is 0 Å². The van der Waals surface area contributed by atoms with Crippen molar-refractivity contribution in [1.29, 1.82) is 0 Å². The first kappa shape index (κ1) is 16.0. The molecule has 0 saturated carbocycles. The molecule has 106 valence electrons. The predicted octanol–water partition coefficient (Wildman–Crippen LogP) is 4.85. The number of thiophene rings is 1. The summed E-state index contributed by atoms with van der Waals surface area (Å²) in [5.41, 5.74) is 1.16. The predicted molar refractivity (Wildman–Crippen MR) is 91.8 cm³/mol. The van der Waals surface area contributed by atoms with Gasteiger partial charge < -0.3 is 5.32 Å². The highest BCUT2D eigenvalue weighted by Crippen LogP contribution is 2.32. The van der Waals surface area contributed by atoms with E-state index in [0.29, 0.717) is 10.8 Å². The fraction of sp³-hybridized carbons (Fsp3) is 0.214. The van der Waals surface area contributed by atoms with Crippen molar-refractivity contribution in [1.82, 2.24) is 5.32 Å². The average Bonchev–Trinajstić information content (AvgIpc) is 2.79. The van der Waals surface area contributed by atoms with Crippen LogP contribution in [0.4, 0.5) is 0 Å². The third-order valence-corrected chi connectivity index (χ3v) is 6.34. The van der Waals surface area contributed by atoms with Crippen molar-refractivity contribution in [3.05, 3.63) is 55.1 Å². The number of carbonyl (C=O) groups excluding carboxylic acids is 1. The molecule has 0 bridgehead atoms. The van der Waals surface area contributed by atoms with E-state index >= 15 is 0 Å².